The van der Waals surface area contributed by atoms with Gasteiger partial charge < -0.3 is 56.0 Å². The van der Waals surface area contributed by atoms with Crippen molar-refractivity contribution >= 4 is 127 Å². The molecule has 0 saturated carbocycles. The number of morpholine rings is 3. The molecule has 0 spiro atoms. The van der Waals surface area contributed by atoms with Gasteiger partial charge in [0, 0.05) is 77.8 Å². The van der Waals surface area contributed by atoms with Crippen molar-refractivity contribution in [1.82, 2.24) is 99.3 Å². The quantitative estimate of drug-likeness (QED) is 0.0222. The van der Waals surface area contributed by atoms with Gasteiger partial charge in [-0.25, -0.2) is 59.4 Å². The number of ether oxygens (including phenoxy) is 4. The summed E-state index contributed by atoms with van der Waals surface area (Å²) in [5.74, 6) is 6.07. The zero-order valence-electron chi connectivity index (χ0n) is 48.9. The number of anilines is 4. The van der Waals surface area contributed by atoms with Crippen LogP contribution in [0.1, 0.15) is 13.8 Å². The summed E-state index contributed by atoms with van der Waals surface area (Å²) < 4.78 is 59.4. The molecule has 0 atom stereocenters. The van der Waals surface area contributed by atoms with Crippen LogP contribution in [0.25, 0.3) is 28.7 Å². The summed E-state index contributed by atoms with van der Waals surface area (Å²) in [6.07, 6.45) is 13.4. The van der Waals surface area contributed by atoms with Crippen LogP contribution in [0.2, 0.25) is 0 Å². The van der Waals surface area contributed by atoms with Gasteiger partial charge in [0.1, 0.15) is 42.3 Å². The molecule has 3 aliphatic heterocycles. The summed E-state index contributed by atoms with van der Waals surface area (Å²) in [6, 6.07) is 5.37. The van der Waals surface area contributed by atoms with Crippen LogP contribution in [0.3, 0.4) is 0 Å². The number of alkyl halides is 4. The number of hydrogen-bond acceptors (Lipinski definition) is 26. The van der Waals surface area contributed by atoms with Gasteiger partial charge in [0.25, 0.3) is 11.1 Å². The number of H-pyrrole nitrogens is 2. The van der Waals surface area contributed by atoms with Gasteiger partial charge in [-0.3, -0.25) is 19.8 Å². The number of nitrogens with two attached hydrogens (primary N) is 1. The van der Waals surface area contributed by atoms with E-state index in [2.05, 4.69) is 161 Å². The first-order valence-electron chi connectivity index (χ1n) is 26.0. The first-order valence-corrected chi connectivity index (χ1v) is 37.2. The molecule has 0 aliphatic carbocycles. The van der Waals surface area contributed by atoms with Gasteiger partial charge in [0.05, 0.1) is 95.8 Å². The summed E-state index contributed by atoms with van der Waals surface area (Å²) in [4.78, 5) is 80.6. The third-order valence-corrected chi connectivity index (χ3v) is 11.2. The van der Waals surface area contributed by atoms with Crippen LogP contribution in [-0.4, -0.2) is 227 Å². The number of carboxylic acid groups (broad SMARTS) is 1. The van der Waals surface area contributed by atoms with Crippen molar-refractivity contribution in [2.24, 2.45) is 5.84 Å². The van der Waals surface area contributed by atoms with E-state index in [4.69, 9.17) is 34.7 Å². The monoisotopic (exact) mass is 1750 g/mol. The van der Waals surface area contributed by atoms with Crippen LogP contribution in [0.15, 0.2) is 103 Å². The summed E-state index contributed by atoms with van der Waals surface area (Å²) in [5, 5.41) is 35.3. The van der Waals surface area contributed by atoms with Crippen LogP contribution in [-0.2, 0) is 38.0 Å². The number of nitrogens with zero attached hydrogens (tertiary/aromatic N) is 21. The van der Waals surface area contributed by atoms with E-state index in [9.17, 15) is 27.6 Å². The molecule has 3 aliphatic rings. The molecule has 11 heterocycles. The predicted molar refractivity (Wildman–Crippen MR) is 355 cm³/mol. The van der Waals surface area contributed by atoms with E-state index in [0.29, 0.717) is 77.0 Å². The van der Waals surface area contributed by atoms with Gasteiger partial charge in [-0.05, 0) is 11.9 Å². The van der Waals surface area contributed by atoms with Crippen LogP contribution in [0.5, 0.6) is 0 Å². The molecule has 0 amide bonds. The Balaban J connectivity index is 0.000000297. The van der Waals surface area contributed by atoms with Gasteiger partial charge in [0.15, 0.2) is 28.7 Å². The number of carbonyl (C=O) groups is 2. The summed E-state index contributed by atoms with van der Waals surface area (Å²) in [7, 11) is 4.26. The number of rotatable bonds is 12. The molecule has 3 saturated heterocycles. The average Bonchev–Trinajstić information content (AvgIpc) is 2.00. The van der Waals surface area contributed by atoms with Crippen molar-refractivity contribution in [1.29, 1.82) is 0 Å². The Morgan fingerprint density at radius 2 is 1.07 bits per heavy atom. The second-order valence-corrected chi connectivity index (χ2v) is 28.7. The fourth-order valence-corrected chi connectivity index (χ4v) is 7.30. The molecule has 3 fully saturated rings. The number of aliphatic carboxylic acids is 1. The van der Waals surface area contributed by atoms with Crippen LogP contribution < -0.4 is 37.1 Å². The number of aromatic amines is 2. The molecular formula is C48H65F3I4N25O9V-. The van der Waals surface area contributed by atoms with Crippen LogP contribution >= 0.6 is 86.5 Å². The van der Waals surface area contributed by atoms with Crippen molar-refractivity contribution in [3.63, 3.8) is 0 Å². The van der Waals surface area contributed by atoms with Crippen molar-refractivity contribution in [3.05, 3.63) is 121 Å². The Bertz CT molecular complexity index is 3280. The molecule has 11 rings (SSSR count). The summed E-state index contributed by atoms with van der Waals surface area (Å²) >= 11 is 6.89. The Morgan fingerprint density at radius 1 is 0.700 bits per heavy atom. The minimum absolute atomic E-state index is 0. The third-order valence-electron chi connectivity index (χ3n) is 11.2. The zero-order chi connectivity index (χ0) is 65.1. The minimum atomic E-state index is -5.08. The molecule has 34 nitrogen and oxygen atoms in total. The molecule has 42 heteroatoms. The molecule has 0 radical (unpaired) electrons. The van der Waals surface area contributed by atoms with Gasteiger partial charge in [-0.15, -0.1) is 39.3 Å². The van der Waals surface area contributed by atoms with E-state index in [1.807, 2.05) is 25.1 Å². The van der Waals surface area contributed by atoms with Crippen LogP contribution in [0.4, 0.5) is 36.4 Å². The van der Waals surface area contributed by atoms with Crippen molar-refractivity contribution in [2.75, 3.05) is 125 Å². The number of nitrogen functional groups attached to an aromatic ring is 1. The van der Waals surface area contributed by atoms with E-state index in [1.165, 1.54) is 61.0 Å². The fourth-order valence-electron chi connectivity index (χ4n) is 7.30. The molecular weight excluding hydrogens is 1690 g/mol. The van der Waals surface area contributed by atoms with Crippen molar-refractivity contribution in [3.8, 4) is 23.0 Å². The molecule has 8 aromatic rings. The fraction of sp³-hybridized carbons (Fsp3) is 0.396. The third kappa shape index (κ3) is 24.9. The number of hydrazine groups is 1. The van der Waals surface area contributed by atoms with E-state index in [1.54, 1.807) is 68.1 Å². The van der Waals surface area contributed by atoms with Crippen molar-refractivity contribution in [2.45, 2.75) is 20.0 Å². The maximum absolute atomic E-state index is 12.5. The molecule has 491 valence electrons. The van der Waals surface area contributed by atoms with E-state index in [-0.39, 0.29) is 35.1 Å². The number of carboxylic acids is 1. The molecule has 6 N–H and O–H groups in total. The predicted octanol–water partition coefficient (Wildman–Crippen LogP) is 3.46. The Kier molecular flexibility index (Phi) is 36.7. The van der Waals surface area contributed by atoms with E-state index in [0.717, 1.165) is 69.9 Å². The molecule has 0 unspecified atom stereocenters. The molecule has 90 heavy (non-hydrogen) atoms. The standard InChI is InChI=1S/2C13H14N8O2.C9H14N4O2.C8H13N5O.C2HF3O2.C2H5.CH3I.3HI.V/c2*22-13-10(20-2-1-16-18-20)8-17-21(13)12-7-11(14-9-15-12)19-3-5-23-6-4-19;1-4-15-9(14)8(7-12(2)3)13-6-5-10-11-13;9-12-7-5-8(11-6-10-7)13-1-3-14-4-2-13;3-2(4,5)1(6)7;2*1-2;;;;/h2*1-2,7-9,17H,3-6H2;5-7H,4H2,1-3H3;5-6H,1-4,9H2,(H,10,11,12);(H,6,7);1H2,2H3;1H3;3*1H;/q;;;;;-1;;;;;+2/p-2. The molecule has 8 aromatic heterocycles. The number of carbonyl (C=O) groups excluding carboxylic acids is 1. The van der Waals surface area contributed by atoms with Gasteiger partial charge in [-0.1, -0.05) is 38.2 Å². The number of halogens is 7. The SMILES string of the molecule is CCOC(=O)C(=CN(C)C)n1ccnn1.CI.I.NNc1cc(N2CCOCC2)ncn1.O=C(O)C(F)(F)F.O=c1c(-n2ccnn2)c[nH]n1-c1cc(N2CCOCC2)ncn1.O=c1c(-n2ccnn2)c[nH]n1-c1cc(N2CCOCC2)ncn1.[CH2-]C.[I][V][I]. The number of nitrogens with one attached hydrogen (secondary N) is 3. The number of aromatic nitrogens is 19. The first-order chi connectivity index (χ1) is 43.1. The topological polar surface area (TPSA) is 387 Å². The average molecular weight is 1750 g/mol. The van der Waals surface area contributed by atoms with Gasteiger partial charge in [0.2, 0.25) is 0 Å². The Morgan fingerprint density at radius 3 is 1.40 bits per heavy atom. The first kappa shape index (κ1) is 77.7. The zero-order valence-corrected chi connectivity index (χ0v) is 59.1. The van der Waals surface area contributed by atoms with Crippen molar-refractivity contribution < 1.29 is 56.3 Å². The number of hydrogen-bond donors (Lipinski definition) is 5. The second kappa shape index (κ2) is 42.5. The van der Waals surface area contributed by atoms with E-state index >= 15 is 0 Å². The normalized spacial score (nSPS) is 13.3. The second-order valence-electron chi connectivity index (χ2n) is 16.9. The Labute approximate surface area is 572 Å². The van der Waals surface area contributed by atoms with Gasteiger partial charge >= 0.3 is 67.5 Å². The summed E-state index contributed by atoms with van der Waals surface area (Å²) in [6.45, 7) is 16.0. The number of esters is 1. The maximum atomic E-state index is 12.5. The summed E-state index contributed by atoms with van der Waals surface area (Å²) in [5.41, 5.74) is 3.05. The van der Waals surface area contributed by atoms with Crippen LogP contribution in [0, 0.1) is 6.92 Å². The molecule has 0 bridgehead atoms. The Hall–Kier alpha value is -6.51. The van der Waals surface area contributed by atoms with Gasteiger partial charge in [-0.2, -0.15) is 29.5 Å². The molecule has 0 aromatic carbocycles. The van der Waals surface area contributed by atoms with E-state index < -0.39 is 18.1 Å².